The van der Waals surface area contributed by atoms with E-state index in [2.05, 4.69) is 23.6 Å². The van der Waals surface area contributed by atoms with Crippen LogP contribution in [0.25, 0.3) is 0 Å². The molecule has 1 unspecified atom stereocenters. The maximum atomic E-state index is 14.9. The van der Waals surface area contributed by atoms with Gasteiger partial charge in [0.25, 0.3) is 0 Å². The van der Waals surface area contributed by atoms with E-state index < -0.39 is 8.41 Å². The summed E-state index contributed by atoms with van der Waals surface area (Å²) in [5.74, 6) is 0.260. The minimum Gasteiger partial charge on any atom is -0.396 e. The van der Waals surface area contributed by atoms with Crippen LogP contribution >= 0.6 is 0 Å². The van der Waals surface area contributed by atoms with E-state index in [0.29, 0.717) is 6.42 Å². The molecule has 0 saturated carbocycles. The summed E-state index contributed by atoms with van der Waals surface area (Å²) in [4.78, 5) is 12.5. The van der Waals surface area contributed by atoms with Crippen molar-refractivity contribution in [1.29, 1.82) is 0 Å². The first-order chi connectivity index (χ1) is 14.3. The minimum atomic E-state index is -2.87. The number of benzene rings is 1. The van der Waals surface area contributed by atoms with E-state index >= 15 is 0 Å². The number of halogens is 1. The van der Waals surface area contributed by atoms with Gasteiger partial charge in [0.05, 0.1) is 18.1 Å². The number of rotatable bonds is 8. The minimum absolute atomic E-state index is 0.000588. The molecule has 0 spiro atoms. The number of anilines is 1. The van der Waals surface area contributed by atoms with Crippen molar-refractivity contribution >= 4 is 20.0 Å². The van der Waals surface area contributed by atoms with Crippen molar-refractivity contribution in [2.45, 2.75) is 69.9 Å². The molecular formula is C23H37FN2O3Si. The molecular weight excluding hydrogens is 399 g/mol. The van der Waals surface area contributed by atoms with Gasteiger partial charge in [-0.15, -0.1) is 0 Å². The molecule has 0 aliphatic carbocycles. The first-order valence-electron chi connectivity index (χ1n) is 11.4. The maximum absolute atomic E-state index is 14.9. The number of carbonyl (C=O) groups is 1. The van der Waals surface area contributed by atoms with Gasteiger partial charge in [-0.3, -0.25) is 4.79 Å². The lowest BCUT2D eigenvalue weighted by Gasteiger charge is -2.28. The summed E-state index contributed by atoms with van der Waals surface area (Å²) in [7, 11) is -2.87. The molecule has 2 heterocycles. The number of aliphatic hydroxyl groups excluding tert-OH is 1. The van der Waals surface area contributed by atoms with Crippen molar-refractivity contribution in [3.8, 4) is 0 Å². The highest BCUT2D eigenvalue weighted by molar-refractivity contribution is 6.72. The van der Waals surface area contributed by atoms with Crippen LogP contribution in [0, 0.1) is 11.8 Å². The molecule has 5 nitrogen and oxygen atoms in total. The van der Waals surface area contributed by atoms with Crippen molar-refractivity contribution in [3.05, 3.63) is 29.8 Å². The standard InChI is InChI=1S/C23H37FN2O3Si/c1-16-20(29-21(11-13-27)22(16)30(2,3)24)10-9-17-6-4-8-19(14-17)26-23(28)18-7-5-12-25-15-18/h4,6,8,14,16,18,20-22,25,27H,5,7,9-13,15H2,1-3H3,(H,26,28)/t16-,18?,20+,21-,22+/m1/s1. The zero-order valence-electron chi connectivity index (χ0n) is 18.5. The number of nitrogens with one attached hydrogen (secondary N) is 2. The third-order valence-electron chi connectivity index (χ3n) is 6.69. The van der Waals surface area contributed by atoms with Crippen LogP contribution in [0.4, 0.5) is 9.80 Å². The zero-order chi connectivity index (χ0) is 21.7. The summed E-state index contributed by atoms with van der Waals surface area (Å²) in [5.41, 5.74) is 1.89. The van der Waals surface area contributed by atoms with Crippen molar-refractivity contribution in [2.24, 2.45) is 11.8 Å². The lowest BCUT2D eigenvalue weighted by Crippen LogP contribution is -2.37. The van der Waals surface area contributed by atoms with Crippen molar-refractivity contribution in [1.82, 2.24) is 5.32 Å². The number of aryl methyl sites for hydroxylation is 1. The van der Waals surface area contributed by atoms with Crippen LogP contribution in [-0.4, -0.2) is 51.3 Å². The molecule has 0 bridgehead atoms. The maximum Gasteiger partial charge on any atom is 0.246 e. The van der Waals surface area contributed by atoms with Crippen molar-refractivity contribution in [3.63, 3.8) is 0 Å². The van der Waals surface area contributed by atoms with Gasteiger partial charge in [0.2, 0.25) is 14.3 Å². The fourth-order valence-corrected chi connectivity index (χ4v) is 7.80. The third-order valence-corrected chi connectivity index (χ3v) is 9.17. The average molecular weight is 437 g/mol. The Morgan fingerprint density at radius 3 is 2.80 bits per heavy atom. The Morgan fingerprint density at radius 2 is 2.13 bits per heavy atom. The molecule has 2 aliphatic heterocycles. The first-order valence-corrected chi connectivity index (χ1v) is 14.3. The van der Waals surface area contributed by atoms with Crippen LogP contribution in [0.15, 0.2) is 24.3 Å². The predicted octanol–water partition coefficient (Wildman–Crippen LogP) is 3.89. The Labute approximate surface area is 181 Å². The van der Waals surface area contributed by atoms with Gasteiger partial charge in [-0.05, 0) is 75.4 Å². The molecule has 2 saturated heterocycles. The number of ether oxygens (including phenoxy) is 1. The van der Waals surface area contributed by atoms with Gasteiger partial charge < -0.3 is 24.6 Å². The Morgan fingerprint density at radius 1 is 1.33 bits per heavy atom. The second-order valence-electron chi connectivity index (χ2n) is 9.45. The summed E-state index contributed by atoms with van der Waals surface area (Å²) >= 11 is 0. The third kappa shape index (κ3) is 5.90. The molecule has 1 aromatic carbocycles. The monoisotopic (exact) mass is 436 g/mol. The molecule has 30 heavy (non-hydrogen) atoms. The van der Waals surface area contributed by atoms with Crippen LogP contribution in [0.1, 0.15) is 38.2 Å². The normalized spacial score (nSPS) is 29.7. The van der Waals surface area contributed by atoms with Crippen LogP contribution in [0.2, 0.25) is 18.6 Å². The number of carbonyl (C=O) groups excluding carboxylic acids is 1. The lowest BCUT2D eigenvalue weighted by atomic mass is 9.95. The van der Waals surface area contributed by atoms with Gasteiger partial charge >= 0.3 is 0 Å². The number of hydrogen-bond acceptors (Lipinski definition) is 4. The van der Waals surface area contributed by atoms with E-state index in [4.69, 9.17) is 4.74 Å². The van der Waals surface area contributed by atoms with Gasteiger partial charge in [0, 0.05) is 24.4 Å². The smallest absolute Gasteiger partial charge is 0.246 e. The quantitative estimate of drug-likeness (QED) is 0.427. The van der Waals surface area contributed by atoms with Gasteiger partial charge in [-0.25, -0.2) is 0 Å². The van der Waals surface area contributed by atoms with E-state index in [9.17, 15) is 14.0 Å². The Bertz CT molecular complexity index is 706. The Hall–Kier alpha value is -1.28. The fraction of sp³-hybridized carbons (Fsp3) is 0.696. The molecule has 3 N–H and O–H groups in total. The topological polar surface area (TPSA) is 70.6 Å². The molecule has 2 fully saturated rings. The largest absolute Gasteiger partial charge is 0.396 e. The van der Waals surface area contributed by atoms with E-state index in [-0.39, 0.29) is 42.1 Å². The summed E-state index contributed by atoms with van der Waals surface area (Å²) in [6.45, 7) is 7.35. The lowest BCUT2D eigenvalue weighted by molar-refractivity contribution is -0.120. The second kappa shape index (κ2) is 10.4. The van der Waals surface area contributed by atoms with Crippen molar-refractivity contribution < 1.29 is 18.7 Å². The van der Waals surface area contributed by atoms with E-state index in [0.717, 1.165) is 50.0 Å². The molecule has 1 aromatic rings. The SMILES string of the molecule is C[C@H]1[C@H]([Si](C)(C)F)[C@@H](CCO)O[C@H]1CCc1cccc(NC(=O)C2CCCNC2)c1. The zero-order valence-corrected chi connectivity index (χ0v) is 19.5. The van der Waals surface area contributed by atoms with E-state index in [1.54, 1.807) is 13.1 Å². The van der Waals surface area contributed by atoms with Crippen molar-refractivity contribution in [2.75, 3.05) is 25.0 Å². The number of amides is 1. The van der Waals surface area contributed by atoms with Gasteiger partial charge in [-0.2, -0.15) is 0 Å². The summed E-state index contributed by atoms with van der Waals surface area (Å²) in [6.07, 6.45) is 3.92. The molecule has 5 atom stereocenters. The Balaban J connectivity index is 1.58. The molecule has 7 heteroatoms. The number of piperidine rings is 1. The van der Waals surface area contributed by atoms with Gasteiger partial charge in [0.1, 0.15) is 0 Å². The first kappa shape index (κ1) is 23.4. The molecule has 1 amide bonds. The molecule has 168 valence electrons. The summed E-state index contributed by atoms with van der Waals surface area (Å²) in [6, 6.07) is 7.99. The van der Waals surface area contributed by atoms with Crippen LogP contribution in [-0.2, 0) is 16.0 Å². The predicted molar refractivity (Wildman–Crippen MR) is 121 cm³/mol. The molecule has 0 aromatic heterocycles. The van der Waals surface area contributed by atoms with Gasteiger partial charge in [-0.1, -0.05) is 19.1 Å². The second-order valence-corrected chi connectivity index (χ2v) is 13.2. The summed E-state index contributed by atoms with van der Waals surface area (Å²) in [5, 5.41) is 15.7. The summed E-state index contributed by atoms with van der Waals surface area (Å²) < 4.78 is 21.1. The number of aliphatic hydroxyl groups is 1. The average Bonchev–Trinajstić information content (AvgIpc) is 3.03. The molecule has 0 radical (unpaired) electrons. The highest BCUT2D eigenvalue weighted by Gasteiger charge is 2.50. The fourth-order valence-electron chi connectivity index (χ4n) is 5.21. The van der Waals surface area contributed by atoms with E-state index in [1.165, 1.54) is 0 Å². The highest BCUT2D eigenvalue weighted by atomic mass is 28.4. The van der Waals surface area contributed by atoms with E-state index in [1.807, 2.05) is 18.2 Å². The van der Waals surface area contributed by atoms with Crippen LogP contribution in [0.3, 0.4) is 0 Å². The molecule has 3 rings (SSSR count). The van der Waals surface area contributed by atoms with Crippen LogP contribution in [0.5, 0.6) is 0 Å². The highest BCUT2D eigenvalue weighted by Crippen LogP contribution is 2.46. The number of hydrogen-bond donors (Lipinski definition) is 3. The van der Waals surface area contributed by atoms with Crippen LogP contribution < -0.4 is 10.6 Å². The molecule has 2 aliphatic rings. The Kier molecular flexibility index (Phi) is 8.07. The van der Waals surface area contributed by atoms with Gasteiger partial charge in [0.15, 0.2) is 0 Å².